The molecule has 0 bridgehead atoms. The molecule has 0 radical (unpaired) electrons. The second kappa shape index (κ2) is 8.29. The van der Waals surface area contributed by atoms with E-state index in [9.17, 15) is 5.48 Å². The molecule has 9 aromatic rings. The zero-order valence-corrected chi connectivity index (χ0v) is 21.5. The van der Waals surface area contributed by atoms with Crippen molar-refractivity contribution in [3.8, 4) is 22.3 Å². The minimum atomic E-state index is -0.601. The van der Waals surface area contributed by atoms with Crippen molar-refractivity contribution in [1.82, 2.24) is 0 Å². The summed E-state index contributed by atoms with van der Waals surface area (Å²) >= 11 is 1.64. The van der Waals surface area contributed by atoms with Crippen molar-refractivity contribution in [2.75, 3.05) is 0 Å². The third-order valence-corrected chi connectivity index (χ3v) is 8.58. The normalized spacial score (nSPS) is 15.8. The molecule has 9 rings (SSSR count). The van der Waals surface area contributed by atoms with Crippen LogP contribution in [0.5, 0.6) is 0 Å². The van der Waals surface area contributed by atoms with E-state index in [0.717, 1.165) is 20.2 Å². The topological polar surface area (TPSA) is 13.1 Å². The van der Waals surface area contributed by atoms with E-state index in [0.29, 0.717) is 27.5 Å². The van der Waals surface area contributed by atoms with Gasteiger partial charge >= 0.3 is 0 Å². The van der Waals surface area contributed by atoms with E-state index >= 15 is 0 Å². The molecule has 0 saturated heterocycles. The third-order valence-electron chi connectivity index (χ3n) is 7.43. The van der Waals surface area contributed by atoms with E-state index in [1.54, 1.807) is 23.5 Å². The molecule has 7 aromatic carbocycles. The van der Waals surface area contributed by atoms with Crippen molar-refractivity contribution in [3.63, 3.8) is 0 Å². The van der Waals surface area contributed by atoms with E-state index in [-0.39, 0.29) is 44.3 Å². The largest absolute Gasteiger partial charge is 0.455 e. The Morgan fingerprint density at radius 1 is 0.550 bits per heavy atom. The Morgan fingerprint density at radius 3 is 2.17 bits per heavy atom. The fourth-order valence-electron chi connectivity index (χ4n) is 5.71. The van der Waals surface area contributed by atoms with Gasteiger partial charge in [-0.25, -0.2) is 0 Å². The summed E-state index contributed by atoms with van der Waals surface area (Å²) in [4.78, 5) is 0. The number of para-hydroxylation sites is 1. The molecule has 0 saturated carbocycles. The number of hydrogen-bond acceptors (Lipinski definition) is 2. The van der Waals surface area contributed by atoms with Gasteiger partial charge in [0, 0.05) is 42.1 Å². The summed E-state index contributed by atoms with van der Waals surface area (Å²) in [7, 11) is 0. The number of thiophene rings is 1. The quantitative estimate of drug-likeness (QED) is 0.214. The average Bonchev–Trinajstić information content (AvgIpc) is 3.70. The first-order valence-corrected chi connectivity index (χ1v) is 13.5. The summed E-state index contributed by atoms with van der Waals surface area (Å²) in [5.74, 6) is 0. The zero-order valence-electron chi connectivity index (χ0n) is 31.7. The molecule has 2 heterocycles. The second-order valence-corrected chi connectivity index (χ2v) is 10.7. The summed E-state index contributed by atoms with van der Waals surface area (Å²) in [5, 5.41) is 2.67. The van der Waals surface area contributed by atoms with Crippen LogP contribution in [0.2, 0.25) is 0 Å². The highest BCUT2D eigenvalue weighted by Crippen LogP contribution is 2.48. The zero-order chi connectivity index (χ0) is 35.8. The first-order valence-electron chi connectivity index (χ1n) is 18.2. The highest BCUT2D eigenvalue weighted by atomic mass is 32.1. The van der Waals surface area contributed by atoms with Crippen LogP contribution in [0.4, 0.5) is 0 Å². The Balaban J connectivity index is 1.57. The van der Waals surface area contributed by atoms with E-state index in [1.807, 2.05) is 54.6 Å². The number of furan rings is 1. The maximum absolute atomic E-state index is 9.41. The molecule has 0 amide bonds. The molecular weight excluding hydrogens is 504 g/mol. The lowest BCUT2D eigenvalue weighted by atomic mass is 9.87. The standard InChI is InChI=1S/C38H22OS/c1-2-10-24-21-25(18-17-23(24)9-1)36-29-13-4-3-12-28(29)35(37-30-14-5-7-15-32(30)39-38(36)37)26-19-20-34-31(22-26)27-11-6-8-16-33(27)40-34/h1-22H/i1D,2D,3D,4D,9D,10D,12D,13D,17D,18D,21D. The van der Waals surface area contributed by atoms with Crippen molar-refractivity contribution in [1.29, 1.82) is 0 Å². The van der Waals surface area contributed by atoms with Crippen molar-refractivity contribution in [2.45, 2.75) is 0 Å². The average molecular weight is 538 g/mol. The first-order chi connectivity index (χ1) is 24.4. The monoisotopic (exact) mass is 537 g/mol. The molecule has 2 heteroatoms. The van der Waals surface area contributed by atoms with E-state index < -0.39 is 60.4 Å². The maximum Gasteiger partial charge on any atom is 0.144 e. The summed E-state index contributed by atoms with van der Waals surface area (Å²) in [6.45, 7) is 0. The number of fused-ring (bicyclic) bond motifs is 8. The van der Waals surface area contributed by atoms with Crippen LogP contribution in [-0.4, -0.2) is 0 Å². The van der Waals surface area contributed by atoms with Crippen LogP contribution in [0.15, 0.2) is 138 Å². The number of rotatable bonds is 2. The van der Waals surface area contributed by atoms with Gasteiger partial charge in [0.15, 0.2) is 0 Å². The Hall–Kier alpha value is -4.92. The lowest BCUT2D eigenvalue weighted by Gasteiger charge is -2.15. The Labute approximate surface area is 250 Å². The lowest BCUT2D eigenvalue weighted by molar-refractivity contribution is 0.670. The van der Waals surface area contributed by atoms with Crippen molar-refractivity contribution in [3.05, 3.63) is 133 Å². The van der Waals surface area contributed by atoms with Crippen LogP contribution in [0.25, 0.3) is 85.9 Å². The van der Waals surface area contributed by atoms with Gasteiger partial charge in [-0.05, 0) is 63.0 Å². The fraction of sp³-hybridized carbons (Fsp3) is 0. The second-order valence-electron chi connectivity index (χ2n) is 9.61. The molecule has 0 spiro atoms. The minimum absolute atomic E-state index is 0.0215. The van der Waals surface area contributed by atoms with E-state index in [1.165, 1.54) is 0 Å². The molecule has 0 aliphatic carbocycles. The predicted octanol–water partition coefficient (Wildman–Crippen LogP) is 11.6. The SMILES string of the molecule is [2H]c1c([2H])c([2H])c2c([2H])c(-c3c4oc5ccccc5c4c(-c4ccc5sc6ccccc6c5c4)c4c([2H])c([2H])c([2H])c([2H])c34)c([2H])c([2H])c2c1[2H]. The highest BCUT2D eigenvalue weighted by molar-refractivity contribution is 7.25. The van der Waals surface area contributed by atoms with Gasteiger partial charge in [-0.15, -0.1) is 11.3 Å². The molecule has 0 atom stereocenters. The van der Waals surface area contributed by atoms with Crippen LogP contribution in [0, 0.1) is 0 Å². The Morgan fingerprint density at radius 2 is 1.27 bits per heavy atom. The molecule has 186 valence electrons. The molecule has 0 aliphatic rings. The van der Waals surface area contributed by atoms with Crippen LogP contribution in [0.1, 0.15) is 15.1 Å². The predicted molar refractivity (Wildman–Crippen MR) is 172 cm³/mol. The van der Waals surface area contributed by atoms with Gasteiger partial charge < -0.3 is 4.42 Å². The fourth-order valence-corrected chi connectivity index (χ4v) is 6.80. The van der Waals surface area contributed by atoms with Crippen LogP contribution in [0.3, 0.4) is 0 Å². The van der Waals surface area contributed by atoms with Crippen molar-refractivity contribution < 1.29 is 19.5 Å². The van der Waals surface area contributed by atoms with E-state index in [2.05, 4.69) is 0 Å². The van der Waals surface area contributed by atoms with Crippen molar-refractivity contribution >= 4 is 75.0 Å². The van der Waals surface area contributed by atoms with Gasteiger partial charge in [-0.2, -0.15) is 0 Å². The Bertz CT molecular complexity index is 3050. The molecular formula is C38H22OS. The third kappa shape index (κ3) is 3.08. The van der Waals surface area contributed by atoms with Gasteiger partial charge in [-0.3, -0.25) is 0 Å². The smallest absolute Gasteiger partial charge is 0.144 e. The molecule has 0 fully saturated rings. The van der Waals surface area contributed by atoms with Gasteiger partial charge in [-0.1, -0.05) is 103 Å². The summed E-state index contributed by atoms with van der Waals surface area (Å²) in [6.07, 6.45) is 0. The molecule has 0 unspecified atom stereocenters. The van der Waals surface area contributed by atoms with Gasteiger partial charge in [0.1, 0.15) is 11.2 Å². The van der Waals surface area contributed by atoms with Gasteiger partial charge in [0.05, 0.1) is 15.1 Å². The first kappa shape index (κ1) is 13.9. The summed E-state index contributed by atoms with van der Waals surface area (Å²) in [5.41, 5.74) is 1.43. The molecule has 0 aliphatic heterocycles. The maximum atomic E-state index is 9.41. The Kier molecular flexibility index (Phi) is 2.89. The summed E-state index contributed by atoms with van der Waals surface area (Å²) < 4.78 is 106. The number of hydrogen-bond donors (Lipinski definition) is 0. The van der Waals surface area contributed by atoms with Gasteiger partial charge in [0.25, 0.3) is 0 Å². The van der Waals surface area contributed by atoms with Crippen molar-refractivity contribution in [2.24, 2.45) is 0 Å². The molecule has 2 aromatic heterocycles. The van der Waals surface area contributed by atoms with Crippen LogP contribution >= 0.6 is 11.3 Å². The summed E-state index contributed by atoms with van der Waals surface area (Å²) in [6, 6.07) is 15.5. The van der Waals surface area contributed by atoms with Crippen LogP contribution < -0.4 is 0 Å². The minimum Gasteiger partial charge on any atom is -0.455 e. The molecule has 40 heavy (non-hydrogen) atoms. The lowest BCUT2D eigenvalue weighted by Crippen LogP contribution is -1.89. The van der Waals surface area contributed by atoms with Crippen LogP contribution in [-0.2, 0) is 0 Å². The highest BCUT2D eigenvalue weighted by Gasteiger charge is 2.22. The molecule has 1 nitrogen and oxygen atoms in total. The molecule has 0 N–H and O–H groups in total. The number of benzene rings is 7. The van der Waals surface area contributed by atoms with E-state index in [4.69, 9.17) is 14.0 Å². The van der Waals surface area contributed by atoms with Gasteiger partial charge in [0.2, 0.25) is 0 Å².